The molecule has 2 heterocycles. The fraction of sp³-hybridized carbons (Fsp3) is 0.0714. The number of para-hydroxylation sites is 1. The van der Waals surface area contributed by atoms with Crippen molar-refractivity contribution in [3.8, 4) is 5.69 Å². The summed E-state index contributed by atoms with van der Waals surface area (Å²) in [6, 6.07) is 9.74. The lowest BCUT2D eigenvalue weighted by Gasteiger charge is -2.10. The second-order valence-electron chi connectivity index (χ2n) is 4.20. The van der Waals surface area contributed by atoms with Gasteiger partial charge in [0.05, 0.1) is 5.69 Å². The van der Waals surface area contributed by atoms with Gasteiger partial charge in [-0.2, -0.15) is 5.10 Å². The van der Waals surface area contributed by atoms with Gasteiger partial charge < -0.3 is 10.3 Å². The van der Waals surface area contributed by atoms with Crippen molar-refractivity contribution in [1.82, 2.24) is 19.7 Å². The summed E-state index contributed by atoms with van der Waals surface area (Å²) in [7, 11) is 0. The monoisotopic (exact) mass is 267 g/mol. The third kappa shape index (κ3) is 2.44. The highest BCUT2D eigenvalue weighted by Crippen LogP contribution is 2.14. The molecule has 0 saturated carbocycles. The average Bonchev–Trinajstić information content (AvgIpc) is 3.01. The van der Waals surface area contributed by atoms with E-state index in [0.29, 0.717) is 12.4 Å². The van der Waals surface area contributed by atoms with Crippen molar-refractivity contribution >= 4 is 5.82 Å². The number of hydrogen-bond donors (Lipinski definition) is 2. The number of benzene rings is 1. The lowest BCUT2D eigenvalue weighted by Crippen LogP contribution is -2.15. The summed E-state index contributed by atoms with van der Waals surface area (Å²) >= 11 is 0. The van der Waals surface area contributed by atoms with E-state index in [0.717, 1.165) is 11.3 Å². The first kappa shape index (κ1) is 12.2. The van der Waals surface area contributed by atoms with Gasteiger partial charge in [-0.3, -0.25) is 4.79 Å². The molecule has 2 aromatic heterocycles. The first-order valence-electron chi connectivity index (χ1n) is 6.20. The maximum absolute atomic E-state index is 11.6. The molecule has 1 aromatic carbocycles. The molecule has 0 unspecified atom stereocenters. The number of H-pyrrole nitrogens is 1. The van der Waals surface area contributed by atoms with Crippen molar-refractivity contribution in [3.63, 3.8) is 0 Å². The van der Waals surface area contributed by atoms with Crippen LogP contribution in [0.2, 0.25) is 0 Å². The number of anilines is 1. The Labute approximate surface area is 115 Å². The molecule has 3 rings (SSSR count). The molecular weight excluding hydrogens is 254 g/mol. The van der Waals surface area contributed by atoms with Gasteiger partial charge in [-0.25, -0.2) is 9.67 Å². The molecule has 0 radical (unpaired) electrons. The minimum Gasteiger partial charge on any atom is -0.361 e. The zero-order valence-electron chi connectivity index (χ0n) is 10.7. The Morgan fingerprint density at radius 2 is 2.10 bits per heavy atom. The van der Waals surface area contributed by atoms with E-state index in [1.807, 2.05) is 36.5 Å². The molecule has 0 saturated heterocycles. The molecule has 3 aromatic rings. The van der Waals surface area contributed by atoms with Gasteiger partial charge in [0.15, 0.2) is 5.82 Å². The van der Waals surface area contributed by atoms with Crippen LogP contribution in [0.5, 0.6) is 0 Å². The van der Waals surface area contributed by atoms with Crippen LogP contribution >= 0.6 is 0 Å². The first-order valence-corrected chi connectivity index (χ1v) is 6.20. The second kappa shape index (κ2) is 5.40. The zero-order chi connectivity index (χ0) is 13.8. The van der Waals surface area contributed by atoms with Crippen LogP contribution in [0.15, 0.2) is 59.9 Å². The minimum absolute atomic E-state index is 0.232. The van der Waals surface area contributed by atoms with E-state index in [-0.39, 0.29) is 5.56 Å². The smallest absolute Gasteiger partial charge is 0.290 e. The Bertz CT molecular complexity index is 748. The number of nitrogens with zero attached hydrogens (tertiary/aromatic N) is 3. The molecule has 0 fully saturated rings. The fourth-order valence-electron chi connectivity index (χ4n) is 1.95. The van der Waals surface area contributed by atoms with Crippen molar-refractivity contribution in [2.45, 2.75) is 6.54 Å². The van der Waals surface area contributed by atoms with Gasteiger partial charge in [0.25, 0.3) is 5.56 Å². The van der Waals surface area contributed by atoms with Crippen LogP contribution < -0.4 is 10.9 Å². The molecule has 0 aliphatic rings. The molecule has 6 nitrogen and oxygen atoms in total. The Balaban J connectivity index is 1.85. The molecule has 100 valence electrons. The highest BCUT2D eigenvalue weighted by molar-refractivity contribution is 5.43. The van der Waals surface area contributed by atoms with Crippen LogP contribution in [0.1, 0.15) is 5.56 Å². The Morgan fingerprint density at radius 3 is 2.90 bits per heavy atom. The maximum atomic E-state index is 11.6. The topological polar surface area (TPSA) is 75.6 Å². The van der Waals surface area contributed by atoms with Gasteiger partial charge in [-0.1, -0.05) is 18.2 Å². The van der Waals surface area contributed by atoms with E-state index >= 15 is 0 Å². The highest BCUT2D eigenvalue weighted by Gasteiger charge is 2.05. The molecule has 0 bridgehead atoms. The van der Waals surface area contributed by atoms with Crippen LogP contribution in [0.3, 0.4) is 0 Å². The Morgan fingerprint density at radius 1 is 1.20 bits per heavy atom. The van der Waals surface area contributed by atoms with E-state index < -0.39 is 0 Å². The van der Waals surface area contributed by atoms with E-state index in [1.165, 1.54) is 6.20 Å². The molecule has 0 aliphatic heterocycles. The SMILES string of the molecule is O=c1[nH]ccnc1NCc1ccccc1-n1cccn1. The lowest BCUT2D eigenvalue weighted by molar-refractivity contribution is 0.863. The highest BCUT2D eigenvalue weighted by atomic mass is 16.1. The van der Waals surface area contributed by atoms with Gasteiger partial charge in [0.1, 0.15) is 0 Å². The second-order valence-corrected chi connectivity index (χ2v) is 4.20. The summed E-state index contributed by atoms with van der Waals surface area (Å²) in [4.78, 5) is 18.1. The number of rotatable bonds is 4. The molecule has 20 heavy (non-hydrogen) atoms. The van der Waals surface area contributed by atoms with E-state index in [2.05, 4.69) is 20.4 Å². The van der Waals surface area contributed by atoms with Gasteiger partial charge >= 0.3 is 0 Å². The molecule has 0 amide bonds. The third-order valence-corrected chi connectivity index (χ3v) is 2.90. The van der Waals surface area contributed by atoms with Crippen molar-refractivity contribution < 1.29 is 0 Å². The van der Waals surface area contributed by atoms with Crippen molar-refractivity contribution in [2.75, 3.05) is 5.32 Å². The summed E-state index contributed by atoms with van der Waals surface area (Å²) < 4.78 is 1.79. The van der Waals surface area contributed by atoms with Crippen LogP contribution in [0, 0.1) is 0 Å². The summed E-state index contributed by atoms with van der Waals surface area (Å²) in [6.45, 7) is 0.496. The largest absolute Gasteiger partial charge is 0.361 e. The predicted molar refractivity (Wildman–Crippen MR) is 75.7 cm³/mol. The number of nitrogens with one attached hydrogen (secondary N) is 2. The van der Waals surface area contributed by atoms with Crippen molar-refractivity contribution in [1.29, 1.82) is 0 Å². The van der Waals surface area contributed by atoms with Gasteiger partial charge in [-0.15, -0.1) is 0 Å². The quantitative estimate of drug-likeness (QED) is 0.752. The molecule has 0 spiro atoms. The molecule has 0 aliphatic carbocycles. The third-order valence-electron chi connectivity index (χ3n) is 2.90. The Kier molecular flexibility index (Phi) is 3.28. The van der Waals surface area contributed by atoms with E-state index in [9.17, 15) is 4.79 Å². The summed E-state index contributed by atoms with van der Waals surface area (Å²) in [6.07, 6.45) is 6.66. The number of aromatic amines is 1. The standard InChI is InChI=1S/C14H13N5O/c20-14-13(15-7-8-16-14)17-10-11-4-1-2-5-12(11)19-9-3-6-18-19/h1-9H,10H2,(H,15,17)(H,16,20). The lowest BCUT2D eigenvalue weighted by atomic mass is 10.2. The fourth-order valence-corrected chi connectivity index (χ4v) is 1.95. The Hall–Kier alpha value is -2.89. The first-order chi connectivity index (χ1) is 9.84. The summed E-state index contributed by atoms with van der Waals surface area (Å²) in [5, 5.41) is 7.26. The molecule has 6 heteroatoms. The zero-order valence-corrected chi connectivity index (χ0v) is 10.7. The van der Waals surface area contributed by atoms with E-state index in [4.69, 9.17) is 0 Å². The maximum Gasteiger partial charge on any atom is 0.290 e. The van der Waals surface area contributed by atoms with Crippen LogP contribution in [0.25, 0.3) is 5.69 Å². The van der Waals surface area contributed by atoms with E-state index in [1.54, 1.807) is 17.1 Å². The van der Waals surface area contributed by atoms with Crippen molar-refractivity contribution in [2.24, 2.45) is 0 Å². The predicted octanol–water partition coefficient (Wildman–Crippen LogP) is 1.57. The van der Waals surface area contributed by atoms with Crippen molar-refractivity contribution in [3.05, 3.63) is 71.0 Å². The summed E-state index contributed by atoms with van der Waals surface area (Å²) in [5.41, 5.74) is 1.77. The van der Waals surface area contributed by atoms with Gasteiger partial charge in [0, 0.05) is 31.3 Å². The summed E-state index contributed by atoms with van der Waals surface area (Å²) in [5.74, 6) is 0.308. The molecular formula is C14H13N5O. The van der Waals surface area contributed by atoms with Crippen LogP contribution in [-0.4, -0.2) is 19.7 Å². The van der Waals surface area contributed by atoms with Gasteiger partial charge in [-0.05, 0) is 17.7 Å². The van der Waals surface area contributed by atoms with Crippen LogP contribution in [0.4, 0.5) is 5.82 Å². The molecule has 0 atom stereocenters. The average molecular weight is 267 g/mol. The number of aromatic nitrogens is 4. The number of hydrogen-bond acceptors (Lipinski definition) is 4. The van der Waals surface area contributed by atoms with Crippen LogP contribution in [-0.2, 0) is 6.54 Å². The molecule has 2 N–H and O–H groups in total. The normalized spacial score (nSPS) is 10.4. The van der Waals surface area contributed by atoms with Gasteiger partial charge in [0.2, 0.25) is 0 Å². The minimum atomic E-state index is -0.232.